The zero-order valence-corrected chi connectivity index (χ0v) is 18.7. The highest BCUT2D eigenvalue weighted by Gasteiger charge is 2.23. The molecule has 1 aliphatic heterocycles. The molecule has 1 saturated heterocycles. The van der Waals surface area contributed by atoms with Gasteiger partial charge in [-0.1, -0.05) is 17.7 Å². The van der Waals surface area contributed by atoms with Crippen LogP contribution in [0.2, 0.25) is 5.02 Å². The van der Waals surface area contributed by atoms with E-state index in [2.05, 4.69) is 10.6 Å². The molecule has 2 N–H and O–H groups in total. The third-order valence-corrected chi connectivity index (χ3v) is 5.51. The first-order chi connectivity index (χ1) is 16.4. The Bertz CT molecular complexity index is 1230. The molecule has 0 radical (unpaired) electrons. The van der Waals surface area contributed by atoms with Crippen LogP contribution in [0, 0.1) is 10.1 Å². The van der Waals surface area contributed by atoms with Gasteiger partial charge in [0.2, 0.25) is 0 Å². The highest BCUT2D eigenvalue weighted by molar-refractivity contribution is 6.31. The Balaban J connectivity index is 1.43. The normalized spacial score (nSPS) is 13.3. The summed E-state index contributed by atoms with van der Waals surface area (Å²) in [5.41, 5.74) is 1.94. The third-order valence-electron chi connectivity index (χ3n) is 5.27. The number of nitro groups is 1. The molecule has 174 valence electrons. The first kappa shape index (κ1) is 23.2. The second-order valence-electron chi connectivity index (χ2n) is 7.56. The highest BCUT2D eigenvalue weighted by Crippen LogP contribution is 2.30. The lowest BCUT2D eigenvalue weighted by molar-refractivity contribution is -0.384. The zero-order valence-electron chi connectivity index (χ0n) is 18.0. The number of halogens is 1. The predicted molar refractivity (Wildman–Crippen MR) is 130 cm³/mol. The second-order valence-corrected chi connectivity index (χ2v) is 7.99. The maximum atomic E-state index is 12.7. The van der Waals surface area contributed by atoms with Crippen LogP contribution < -0.4 is 15.5 Å². The number of amides is 2. The predicted octanol–water partition coefficient (Wildman–Crippen LogP) is 4.59. The number of nitrogens with zero attached hydrogens (tertiary/aromatic N) is 2. The number of nitrogens with one attached hydrogen (secondary N) is 2. The van der Waals surface area contributed by atoms with Crippen molar-refractivity contribution in [3.63, 3.8) is 0 Å². The van der Waals surface area contributed by atoms with Crippen molar-refractivity contribution in [1.82, 2.24) is 0 Å². The van der Waals surface area contributed by atoms with E-state index in [1.807, 2.05) is 4.90 Å². The van der Waals surface area contributed by atoms with Gasteiger partial charge < -0.3 is 20.3 Å². The van der Waals surface area contributed by atoms with Crippen LogP contribution in [0.15, 0.2) is 66.7 Å². The van der Waals surface area contributed by atoms with E-state index in [0.29, 0.717) is 54.0 Å². The first-order valence-corrected chi connectivity index (χ1v) is 10.9. The van der Waals surface area contributed by atoms with Gasteiger partial charge in [0.15, 0.2) is 0 Å². The summed E-state index contributed by atoms with van der Waals surface area (Å²) >= 11 is 5.92. The summed E-state index contributed by atoms with van der Waals surface area (Å²) in [4.78, 5) is 38.1. The van der Waals surface area contributed by atoms with Crippen LogP contribution in [0.1, 0.15) is 20.7 Å². The summed E-state index contributed by atoms with van der Waals surface area (Å²) in [5.74, 6) is -0.792. The van der Waals surface area contributed by atoms with Gasteiger partial charge in [-0.2, -0.15) is 0 Å². The highest BCUT2D eigenvalue weighted by atomic mass is 35.5. The van der Waals surface area contributed by atoms with Gasteiger partial charge in [-0.05, 0) is 54.6 Å². The number of hydrogen-bond acceptors (Lipinski definition) is 6. The third kappa shape index (κ3) is 5.51. The van der Waals surface area contributed by atoms with Gasteiger partial charge in [0.25, 0.3) is 17.5 Å². The first-order valence-electron chi connectivity index (χ1n) is 10.5. The minimum atomic E-state index is -0.487. The van der Waals surface area contributed by atoms with Gasteiger partial charge in [0, 0.05) is 46.7 Å². The van der Waals surface area contributed by atoms with E-state index in [4.69, 9.17) is 16.3 Å². The minimum Gasteiger partial charge on any atom is -0.378 e. The molecular weight excluding hydrogens is 460 g/mol. The van der Waals surface area contributed by atoms with Crippen molar-refractivity contribution in [3.8, 4) is 0 Å². The van der Waals surface area contributed by atoms with E-state index in [-0.39, 0.29) is 17.2 Å². The standard InChI is InChI=1S/C24H21ClN4O5/c25-18-3-1-2-16(14-18)23(30)26-19-5-7-20(8-6-19)27-24(31)17-4-9-21(22(15-17)29(32)33)28-10-12-34-13-11-28/h1-9,14-15H,10-13H2,(H,26,30)(H,27,31). The smallest absolute Gasteiger partial charge is 0.293 e. The monoisotopic (exact) mass is 480 g/mol. The number of carbonyl (C=O) groups excluding carboxylic acids is 2. The Kier molecular flexibility index (Phi) is 7.05. The van der Waals surface area contributed by atoms with Crippen molar-refractivity contribution >= 4 is 46.2 Å². The number of benzene rings is 3. The average molecular weight is 481 g/mol. The van der Waals surface area contributed by atoms with Crippen LogP contribution >= 0.6 is 11.6 Å². The summed E-state index contributed by atoms with van der Waals surface area (Å²) in [6, 6.07) is 17.6. The van der Waals surface area contributed by atoms with Gasteiger partial charge >= 0.3 is 0 Å². The summed E-state index contributed by atoms with van der Waals surface area (Å²) < 4.78 is 5.30. The minimum absolute atomic E-state index is 0.131. The van der Waals surface area contributed by atoms with Crippen LogP contribution in [-0.2, 0) is 4.74 Å². The Morgan fingerprint density at radius 1 is 0.882 bits per heavy atom. The van der Waals surface area contributed by atoms with Crippen molar-refractivity contribution < 1.29 is 19.2 Å². The lowest BCUT2D eigenvalue weighted by Gasteiger charge is -2.28. The summed E-state index contributed by atoms with van der Waals surface area (Å²) in [5, 5.41) is 17.6. The number of anilines is 3. The lowest BCUT2D eigenvalue weighted by Crippen LogP contribution is -2.36. The van der Waals surface area contributed by atoms with Gasteiger partial charge in [0.1, 0.15) is 5.69 Å². The molecule has 0 aliphatic carbocycles. The number of carbonyl (C=O) groups is 2. The topological polar surface area (TPSA) is 114 Å². The van der Waals surface area contributed by atoms with Crippen molar-refractivity contribution in [2.75, 3.05) is 41.8 Å². The zero-order chi connectivity index (χ0) is 24.1. The molecule has 1 heterocycles. The molecule has 9 nitrogen and oxygen atoms in total. The van der Waals surface area contributed by atoms with E-state index < -0.39 is 10.8 Å². The van der Waals surface area contributed by atoms with Gasteiger partial charge in [-0.25, -0.2) is 0 Å². The summed E-state index contributed by atoms with van der Waals surface area (Å²) in [7, 11) is 0. The molecule has 0 unspecified atom stereocenters. The summed E-state index contributed by atoms with van der Waals surface area (Å²) in [6.07, 6.45) is 0. The van der Waals surface area contributed by atoms with Crippen LogP contribution in [0.4, 0.5) is 22.7 Å². The lowest BCUT2D eigenvalue weighted by atomic mass is 10.1. The quantitative estimate of drug-likeness (QED) is 0.394. The number of morpholine rings is 1. The fourth-order valence-corrected chi connectivity index (χ4v) is 3.75. The van der Waals surface area contributed by atoms with Crippen molar-refractivity contribution in [3.05, 3.63) is 93.0 Å². The summed E-state index contributed by atoms with van der Waals surface area (Å²) in [6.45, 7) is 2.09. The fraction of sp³-hybridized carbons (Fsp3) is 0.167. The number of rotatable bonds is 6. The van der Waals surface area contributed by atoms with Crippen LogP contribution in [0.5, 0.6) is 0 Å². The van der Waals surface area contributed by atoms with E-state index in [1.54, 1.807) is 60.7 Å². The molecule has 0 atom stereocenters. The molecule has 10 heteroatoms. The van der Waals surface area contributed by atoms with Crippen LogP contribution in [0.25, 0.3) is 0 Å². The van der Waals surface area contributed by atoms with Crippen LogP contribution in [-0.4, -0.2) is 43.0 Å². The average Bonchev–Trinajstić information content (AvgIpc) is 2.85. The van der Waals surface area contributed by atoms with E-state index >= 15 is 0 Å². The molecule has 2 amide bonds. The molecule has 34 heavy (non-hydrogen) atoms. The van der Waals surface area contributed by atoms with Gasteiger partial charge in [-0.15, -0.1) is 0 Å². The molecule has 0 spiro atoms. The number of ether oxygens (including phenoxy) is 1. The van der Waals surface area contributed by atoms with Crippen molar-refractivity contribution in [2.24, 2.45) is 0 Å². The van der Waals surface area contributed by atoms with E-state index in [1.165, 1.54) is 6.07 Å². The Morgan fingerprint density at radius 3 is 2.03 bits per heavy atom. The van der Waals surface area contributed by atoms with Crippen LogP contribution in [0.3, 0.4) is 0 Å². The van der Waals surface area contributed by atoms with Crippen molar-refractivity contribution in [2.45, 2.75) is 0 Å². The molecular formula is C24H21ClN4O5. The van der Waals surface area contributed by atoms with Gasteiger partial charge in [0.05, 0.1) is 18.1 Å². The Hall–Kier alpha value is -3.95. The Labute approximate surface area is 200 Å². The second kappa shape index (κ2) is 10.3. The maximum Gasteiger partial charge on any atom is 0.293 e. The molecule has 3 aromatic carbocycles. The SMILES string of the molecule is O=C(Nc1ccc(NC(=O)c2ccc(N3CCOCC3)c([N+](=O)[O-])c2)cc1)c1cccc(Cl)c1. The molecule has 0 aromatic heterocycles. The largest absolute Gasteiger partial charge is 0.378 e. The number of hydrogen-bond donors (Lipinski definition) is 2. The Morgan fingerprint density at radius 2 is 1.47 bits per heavy atom. The maximum absolute atomic E-state index is 12.7. The molecule has 1 aliphatic rings. The fourth-order valence-electron chi connectivity index (χ4n) is 3.56. The van der Waals surface area contributed by atoms with E-state index in [0.717, 1.165) is 0 Å². The van der Waals surface area contributed by atoms with Crippen molar-refractivity contribution in [1.29, 1.82) is 0 Å². The van der Waals surface area contributed by atoms with E-state index in [9.17, 15) is 19.7 Å². The van der Waals surface area contributed by atoms with Gasteiger partial charge in [-0.3, -0.25) is 19.7 Å². The molecule has 0 saturated carbocycles. The molecule has 4 rings (SSSR count). The number of nitro benzene ring substituents is 1. The molecule has 0 bridgehead atoms. The molecule has 3 aromatic rings. The molecule has 1 fully saturated rings.